The molecular formula is C12H11ClN4S. The number of alkyl halides is 1. The van der Waals surface area contributed by atoms with Gasteiger partial charge >= 0.3 is 0 Å². The minimum Gasteiger partial charge on any atom is -0.321 e. The fraction of sp³-hybridized carbons (Fsp3) is 0.250. The molecule has 3 rings (SSSR count). The van der Waals surface area contributed by atoms with E-state index in [0.717, 1.165) is 22.6 Å². The van der Waals surface area contributed by atoms with Crippen LogP contribution < -0.4 is 0 Å². The largest absolute Gasteiger partial charge is 0.321 e. The molecule has 0 aliphatic carbocycles. The lowest BCUT2D eigenvalue weighted by Crippen LogP contribution is -2.05. The molecule has 0 saturated carbocycles. The third kappa shape index (κ3) is 2.00. The fourth-order valence-electron chi connectivity index (χ4n) is 1.95. The smallest absolute Gasteiger partial charge is 0.128 e. The molecule has 0 saturated heterocycles. The predicted molar refractivity (Wildman–Crippen MR) is 73.0 cm³/mol. The maximum absolute atomic E-state index is 6.20. The van der Waals surface area contributed by atoms with Gasteiger partial charge in [-0.25, -0.2) is 9.97 Å². The molecule has 3 aromatic heterocycles. The summed E-state index contributed by atoms with van der Waals surface area (Å²) in [5.74, 6) is 0.854. The van der Waals surface area contributed by atoms with Crippen molar-refractivity contribution in [2.24, 2.45) is 0 Å². The van der Waals surface area contributed by atoms with Crippen molar-refractivity contribution in [3.63, 3.8) is 0 Å². The van der Waals surface area contributed by atoms with Crippen molar-refractivity contribution in [2.75, 3.05) is 0 Å². The van der Waals surface area contributed by atoms with E-state index in [1.807, 2.05) is 23.9 Å². The van der Waals surface area contributed by atoms with Gasteiger partial charge in [0.15, 0.2) is 0 Å². The molecule has 0 radical (unpaired) electrons. The summed E-state index contributed by atoms with van der Waals surface area (Å²) in [4.78, 5) is 12.9. The van der Waals surface area contributed by atoms with E-state index >= 15 is 0 Å². The van der Waals surface area contributed by atoms with Gasteiger partial charge in [-0.05, 0) is 13.0 Å². The van der Waals surface area contributed by atoms with E-state index in [-0.39, 0.29) is 5.38 Å². The first kappa shape index (κ1) is 11.6. The lowest BCUT2D eigenvalue weighted by Gasteiger charge is -2.08. The highest BCUT2D eigenvalue weighted by Crippen LogP contribution is 2.24. The molecule has 92 valence electrons. The Balaban J connectivity index is 2.15. The van der Waals surface area contributed by atoms with E-state index < -0.39 is 0 Å². The maximum Gasteiger partial charge on any atom is 0.128 e. The average molecular weight is 279 g/mol. The summed E-state index contributed by atoms with van der Waals surface area (Å²) >= 11 is 7.79. The van der Waals surface area contributed by atoms with Crippen molar-refractivity contribution in [1.82, 2.24) is 19.5 Å². The summed E-state index contributed by atoms with van der Waals surface area (Å²) in [6.07, 6.45) is 3.53. The van der Waals surface area contributed by atoms with Crippen LogP contribution >= 0.6 is 22.9 Å². The molecule has 0 fully saturated rings. The molecule has 3 aromatic rings. The van der Waals surface area contributed by atoms with Crippen LogP contribution in [0.5, 0.6) is 0 Å². The molecule has 3 heterocycles. The molecule has 18 heavy (non-hydrogen) atoms. The standard InChI is InChI=1S/C12H11ClN4S/c1-8(13)12-16-10-4-14-3-2-11(10)17(12)5-9-6-18-7-15-9/h2-4,6-8H,5H2,1H3. The molecule has 0 aromatic carbocycles. The first-order chi connectivity index (χ1) is 8.75. The van der Waals surface area contributed by atoms with Crippen LogP contribution in [0.4, 0.5) is 0 Å². The summed E-state index contributed by atoms with van der Waals surface area (Å²) in [6, 6.07) is 1.96. The Morgan fingerprint density at radius 2 is 2.39 bits per heavy atom. The molecule has 0 aliphatic heterocycles. The molecular weight excluding hydrogens is 268 g/mol. The Morgan fingerprint density at radius 1 is 1.50 bits per heavy atom. The monoisotopic (exact) mass is 278 g/mol. The molecule has 0 amide bonds. The minimum atomic E-state index is -0.143. The molecule has 1 atom stereocenters. The summed E-state index contributed by atoms with van der Waals surface area (Å²) in [7, 11) is 0. The highest BCUT2D eigenvalue weighted by molar-refractivity contribution is 7.07. The van der Waals surface area contributed by atoms with Gasteiger partial charge in [0.2, 0.25) is 0 Å². The van der Waals surface area contributed by atoms with Gasteiger partial charge in [-0.15, -0.1) is 22.9 Å². The van der Waals surface area contributed by atoms with Crippen LogP contribution in [0.25, 0.3) is 11.0 Å². The van der Waals surface area contributed by atoms with Gasteiger partial charge in [-0.2, -0.15) is 0 Å². The molecule has 0 bridgehead atoms. The Morgan fingerprint density at radius 3 is 3.11 bits per heavy atom. The van der Waals surface area contributed by atoms with E-state index in [4.69, 9.17) is 11.6 Å². The molecule has 1 unspecified atom stereocenters. The second-order valence-electron chi connectivity index (χ2n) is 4.02. The zero-order chi connectivity index (χ0) is 12.5. The van der Waals surface area contributed by atoms with Crippen LogP contribution in [0.3, 0.4) is 0 Å². The average Bonchev–Trinajstić information content (AvgIpc) is 2.98. The zero-order valence-electron chi connectivity index (χ0n) is 9.75. The zero-order valence-corrected chi connectivity index (χ0v) is 11.3. The summed E-state index contributed by atoms with van der Waals surface area (Å²) < 4.78 is 2.10. The number of thiazole rings is 1. The summed E-state index contributed by atoms with van der Waals surface area (Å²) in [6.45, 7) is 2.62. The highest BCUT2D eigenvalue weighted by Gasteiger charge is 2.15. The molecule has 6 heteroatoms. The van der Waals surface area contributed by atoms with Crippen LogP contribution in [-0.4, -0.2) is 19.5 Å². The Hall–Kier alpha value is -1.46. The van der Waals surface area contributed by atoms with Crippen molar-refractivity contribution < 1.29 is 0 Å². The number of nitrogens with zero attached hydrogens (tertiary/aromatic N) is 4. The van der Waals surface area contributed by atoms with E-state index in [9.17, 15) is 0 Å². The number of fused-ring (bicyclic) bond motifs is 1. The van der Waals surface area contributed by atoms with Gasteiger partial charge in [0.25, 0.3) is 0 Å². The van der Waals surface area contributed by atoms with Crippen LogP contribution in [0, 0.1) is 0 Å². The third-order valence-corrected chi connectivity index (χ3v) is 3.57. The van der Waals surface area contributed by atoms with Gasteiger partial charge in [0.1, 0.15) is 11.3 Å². The molecule has 0 spiro atoms. The van der Waals surface area contributed by atoms with E-state index in [2.05, 4.69) is 19.5 Å². The van der Waals surface area contributed by atoms with Crippen molar-refractivity contribution in [1.29, 1.82) is 0 Å². The molecule has 0 N–H and O–H groups in total. The van der Waals surface area contributed by atoms with Crippen LogP contribution in [0.15, 0.2) is 29.4 Å². The van der Waals surface area contributed by atoms with E-state index in [0.29, 0.717) is 6.54 Å². The molecule has 4 nitrogen and oxygen atoms in total. The second kappa shape index (κ2) is 4.66. The lowest BCUT2D eigenvalue weighted by molar-refractivity contribution is 0.731. The number of aromatic nitrogens is 4. The third-order valence-electron chi connectivity index (χ3n) is 2.74. The summed E-state index contributed by atoms with van der Waals surface area (Å²) in [5.41, 5.74) is 4.77. The van der Waals surface area contributed by atoms with Gasteiger partial charge in [-0.1, -0.05) is 0 Å². The van der Waals surface area contributed by atoms with Gasteiger partial charge < -0.3 is 4.57 Å². The van der Waals surface area contributed by atoms with Crippen LogP contribution in [-0.2, 0) is 6.54 Å². The maximum atomic E-state index is 6.20. The number of pyridine rings is 1. The van der Waals surface area contributed by atoms with Crippen molar-refractivity contribution >= 4 is 34.0 Å². The number of halogens is 1. The van der Waals surface area contributed by atoms with Crippen LogP contribution in [0.1, 0.15) is 23.8 Å². The number of hydrogen-bond donors (Lipinski definition) is 0. The second-order valence-corrected chi connectivity index (χ2v) is 5.39. The Bertz CT molecular complexity index is 660. The number of hydrogen-bond acceptors (Lipinski definition) is 4. The van der Waals surface area contributed by atoms with Crippen LogP contribution in [0.2, 0.25) is 0 Å². The first-order valence-electron chi connectivity index (χ1n) is 5.57. The number of imidazole rings is 1. The van der Waals surface area contributed by atoms with Crippen molar-refractivity contribution in [3.05, 3.63) is 40.9 Å². The quantitative estimate of drug-likeness (QED) is 0.691. The SMILES string of the molecule is CC(Cl)c1nc2cnccc2n1Cc1cscn1. The van der Waals surface area contributed by atoms with Crippen molar-refractivity contribution in [3.8, 4) is 0 Å². The van der Waals surface area contributed by atoms with Gasteiger partial charge in [0, 0.05) is 11.6 Å². The molecule has 0 aliphatic rings. The lowest BCUT2D eigenvalue weighted by atomic mass is 10.3. The normalized spacial score (nSPS) is 13.0. The Kier molecular flexibility index (Phi) is 3.01. The van der Waals surface area contributed by atoms with E-state index in [1.54, 1.807) is 23.7 Å². The number of rotatable bonds is 3. The van der Waals surface area contributed by atoms with Gasteiger partial charge in [-0.3, -0.25) is 4.98 Å². The Labute approximate surface area is 113 Å². The fourth-order valence-corrected chi connectivity index (χ4v) is 2.66. The topological polar surface area (TPSA) is 43.6 Å². The van der Waals surface area contributed by atoms with E-state index in [1.165, 1.54) is 0 Å². The first-order valence-corrected chi connectivity index (χ1v) is 6.95. The van der Waals surface area contributed by atoms with Crippen molar-refractivity contribution in [2.45, 2.75) is 18.8 Å². The predicted octanol–water partition coefficient (Wildman–Crippen LogP) is 3.24. The van der Waals surface area contributed by atoms with Gasteiger partial charge in [0.05, 0.1) is 34.8 Å². The summed E-state index contributed by atoms with van der Waals surface area (Å²) in [5, 5.41) is 1.89. The minimum absolute atomic E-state index is 0.143. The highest BCUT2D eigenvalue weighted by atomic mass is 35.5.